The van der Waals surface area contributed by atoms with Crippen molar-refractivity contribution in [1.82, 2.24) is 9.97 Å². The van der Waals surface area contributed by atoms with E-state index in [9.17, 15) is 4.79 Å². The Morgan fingerprint density at radius 1 is 1.40 bits per heavy atom. The maximum Gasteiger partial charge on any atom is 0.254 e. The molecule has 1 N–H and O–H groups in total. The van der Waals surface area contributed by atoms with E-state index in [-0.39, 0.29) is 5.56 Å². The van der Waals surface area contributed by atoms with Crippen LogP contribution >= 0.6 is 11.8 Å². The molecule has 0 saturated carbocycles. The summed E-state index contributed by atoms with van der Waals surface area (Å²) in [5.41, 5.74) is 3.02. The van der Waals surface area contributed by atoms with E-state index in [0.717, 1.165) is 47.6 Å². The molecule has 0 spiro atoms. The molecule has 1 heterocycles. The van der Waals surface area contributed by atoms with Crippen LogP contribution in [0.4, 0.5) is 0 Å². The maximum absolute atomic E-state index is 11.9. The van der Waals surface area contributed by atoms with Crippen molar-refractivity contribution < 1.29 is 4.74 Å². The molecule has 1 aliphatic carbocycles. The van der Waals surface area contributed by atoms with E-state index in [1.165, 1.54) is 0 Å². The van der Waals surface area contributed by atoms with Gasteiger partial charge in [0.2, 0.25) is 0 Å². The number of nitrogens with one attached hydrogen (secondary N) is 1. The van der Waals surface area contributed by atoms with Crippen LogP contribution in [-0.4, -0.2) is 17.1 Å². The second-order valence-corrected chi connectivity index (χ2v) is 5.75. The quantitative estimate of drug-likeness (QED) is 0.694. The second-order valence-electron chi connectivity index (χ2n) is 4.79. The summed E-state index contributed by atoms with van der Waals surface area (Å²) < 4.78 is 5.20. The molecule has 0 aliphatic heterocycles. The summed E-state index contributed by atoms with van der Waals surface area (Å²) in [4.78, 5) is 19.3. The van der Waals surface area contributed by atoms with Crippen LogP contribution in [0.25, 0.3) is 0 Å². The molecule has 0 fully saturated rings. The van der Waals surface area contributed by atoms with Gasteiger partial charge in [-0.15, -0.1) is 0 Å². The summed E-state index contributed by atoms with van der Waals surface area (Å²) in [6.07, 6.45) is 2.82. The second kappa shape index (κ2) is 5.71. The van der Waals surface area contributed by atoms with Crippen LogP contribution in [0.3, 0.4) is 0 Å². The summed E-state index contributed by atoms with van der Waals surface area (Å²) in [5, 5.41) is 0.707. The van der Waals surface area contributed by atoms with Crippen LogP contribution in [0.1, 0.15) is 23.2 Å². The van der Waals surface area contributed by atoms with Gasteiger partial charge in [-0.3, -0.25) is 4.79 Å². The predicted molar refractivity (Wildman–Crippen MR) is 79.4 cm³/mol. The van der Waals surface area contributed by atoms with Gasteiger partial charge in [-0.2, -0.15) is 0 Å². The largest absolute Gasteiger partial charge is 0.497 e. The van der Waals surface area contributed by atoms with Crippen molar-refractivity contribution in [3.8, 4) is 5.75 Å². The lowest BCUT2D eigenvalue weighted by Gasteiger charge is -2.05. The lowest BCUT2D eigenvalue weighted by molar-refractivity contribution is 0.414. The number of aromatic nitrogens is 2. The van der Waals surface area contributed by atoms with Gasteiger partial charge in [0.15, 0.2) is 5.16 Å². The fraction of sp³-hybridized carbons (Fsp3) is 0.333. The Morgan fingerprint density at radius 3 is 3.15 bits per heavy atom. The summed E-state index contributed by atoms with van der Waals surface area (Å²) in [7, 11) is 1.66. The van der Waals surface area contributed by atoms with Gasteiger partial charge in [0.1, 0.15) is 5.75 Å². The number of hydrogen-bond acceptors (Lipinski definition) is 4. The molecule has 104 valence electrons. The highest BCUT2D eigenvalue weighted by molar-refractivity contribution is 7.98. The van der Waals surface area contributed by atoms with Gasteiger partial charge < -0.3 is 9.72 Å². The number of fused-ring (bicyclic) bond motifs is 1. The van der Waals surface area contributed by atoms with Crippen molar-refractivity contribution in [2.45, 2.75) is 30.2 Å². The lowest BCUT2D eigenvalue weighted by Crippen LogP contribution is -2.14. The number of methoxy groups -OCH3 is 1. The number of aromatic amines is 1. The fourth-order valence-electron chi connectivity index (χ4n) is 2.40. The molecule has 0 atom stereocenters. The smallest absolute Gasteiger partial charge is 0.254 e. The number of H-pyrrole nitrogens is 1. The van der Waals surface area contributed by atoms with E-state index in [4.69, 9.17) is 4.74 Å². The zero-order valence-corrected chi connectivity index (χ0v) is 12.1. The van der Waals surface area contributed by atoms with Crippen molar-refractivity contribution in [1.29, 1.82) is 0 Å². The summed E-state index contributed by atoms with van der Waals surface area (Å²) in [6.45, 7) is 0. The highest BCUT2D eigenvalue weighted by Gasteiger charge is 2.17. The van der Waals surface area contributed by atoms with Gasteiger partial charge >= 0.3 is 0 Å². The molecule has 0 unspecified atom stereocenters. The van der Waals surface area contributed by atoms with E-state index >= 15 is 0 Å². The Hall–Kier alpha value is -1.75. The van der Waals surface area contributed by atoms with Gasteiger partial charge in [0.05, 0.1) is 12.8 Å². The Balaban J connectivity index is 1.75. The molecule has 2 aromatic rings. The fourth-order valence-corrected chi connectivity index (χ4v) is 3.22. The third-order valence-corrected chi connectivity index (χ3v) is 4.37. The Morgan fingerprint density at radius 2 is 2.30 bits per heavy atom. The first kappa shape index (κ1) is 13.2. The monoisotopic (exact) mass is 288 g/mol. The molecule has 0 radical (unpaired) electrons. The molecule has 0 saturated heterocycles. The van der Waals surface area contributed by atoms with Gasteiger partial charge in [-0.25, -0.2) is 4.98 Å². The zero-order chi connectivity index (χ0) is 13.9. The van der Waals surface area contributed by atoms with Crippen LogP contribution < -0.4 is 10.3 Å². The first-order valence-corrected chi connectivity index (χ1v) is 7.62. The zero-order valence-electron chi connectivity index (χ0n) is 11.3. The van der Waals surface area contributed by atoms with E-state index in [1.54, 1.807) is 18.9 Å². The van der Waals surface area contributed by atoms with Gasteiger partial charge in [0, 0.05) is 11.3 Å². The van der Waals surface area contributed by atoms with Crippen molar-refractivity contribution in [3.63, 3.8) is 0 Å². The summed E-state index contributed by atoms with van der Waals surface area (Å²) >= 11 is 1.55. The average Bonchev–Trinajstić information content (AvgIpc) is 2.94. The normalized spacial score (nSPS) is 13.2. The minimum atomic E-state index is 0.0284. The van der Waals surface area contributed by atoms with Crippen molar-refractivity contribution >= 4 is 11.8 Å². The average molecular weight is 288 g/mol. The van der Waals surface area contributed by atoms with Gasteiger partial charge in [-0.05, 0) is 37.0 Å². The van der Waals surface area contributed by atoms with Crippen LogP contribution in [-0.2, 0) is 18.6 Å². The Labute approximate surface area is 121 Å². The number of rotatable bonds is 4. The molecule has 1 aliphatic rings. The summed E-state index contributed by atoms with van der Waals surface area (Å²) in [5.74, 6) is 1.61. The van der Waals surface area contributed by atoms with E-state index in [1.807, 2.05) is 24.3 Å². The van der Waals surface area contributed by atoms with E-state index in [2.05, 4.69) is 9.97 Å². The van der Waals surface area contributed by atoms with Crippen LogP contribution in [0, 0.1) is 0 Å². The topological polar surface area (TPSA) is 55.0 Å². The maximum atomic E-state index is 11.9. The number of aryl methyl sites for hydroxylation is 1. The molecule has 1 aromatic carbocycles. The molecule has 0 bridgehead atoms. The molecule has 20 heavy (non-hydrogen) atoms. The summed E-state index contributed by atoms with van der Waals surface area (Å²) in [6, 6.07) is 7.93. The third-order valence-electron chi connectivity index (χ3n) is 3.43. The van der Waals surface area contributed by atoms with Crippen molar-refractivity contribution in [2.75, 3.05) is 7.11 Å². The lowest BCUT2D eigenvalue weighted by atomic mass is 10.2. The number of thioether (sulfide) groups is 1. The molecule has 0 amide bonds. The van der Waals surface area contributed by atoms with Crippen LogP contribution in [0.5, 0.6) is 5.75 Å². The minimum Gasteiger partial charge on any atom is -0.497 e. The Kier molecular flexibility index (Phi) is 3.78. The Bertz CT molecular complexity index is 682. The molecular formula is C15H16N2O2S. The first-order valence-electron chi connectivity index (χ1n) is 6.64. The third kappa shape index (κ3) is 2.72. The van der Waals surface area contributed by atoms with Crippen LogP contribution in [0.15, 0.2) is 34.2 Å². The number of hydrogen-bond donors (Lipinski definition) is 1. The first-order chi connectivity index (χ1) is 9.76. The van der Waals surface area contributed by atoms with Gasteiger partial charge in [0.25, 0.3) is 5.56 Å². The molecule has 4 nitrogen and oxygen atoms in total. The standard InChI is InChI=1S/C15H16N2O2S/c1-19-11-5-2-4-10(8-11)9-20-15-16-13-7-3-6-12(13)14(18)17-15/h2,4-5,8H,3,6-7,9H2,1H3,(H,16,17,18). The number of benzene rings is 1. The SMILES string of the molecule is COc1cccc(CSc2nc3c(c(=O)[nH]2)CCC3)c1. The molecule has 1 aromatic heterocycles. The predicted octanol–water partition coefficient (Wildman–Crippen LogP) is 2.56. The molecular weight excluding hydrogens is 272 g/mol. The number of nitrogens with zero attached hydrogens (tertiary/aromatic N) is 1. The van der Waals surface area contributed by atoms with Crippen LogP contribution in [0.2, 0.25) is 0 Å². The minimum absolute atomic E-state index is 0.0284. The molecule has 5 heteroatoms. The van der Waals surface area contributed by atoms with Gasteiger partial charge in [-0.1, -0.05) is 23.9 Å². The van der Waals surface area contributed by atoms with E-state index in [0.29, 0.717) is 5.16 Å². The van der Waals surface area contributed by atoms with Crippen molar-refractivity contribution in [3.05, 3.63) is 51.4 Å². The van der Waals surface area contributed by atoms with E-state index < -0.39 is 0 Å². The highest BCUT2D eigenvalue weighted by Crippen LogP contribution is 2.23. The molecule has 3 rings (SSSR count). The van der Waals surface area contributed by atoms with Crippen molar-refractivity contribution in [2.24, 2.45) is 0 Å². The highest BCUT2D eigenvalue weighted by atomic mass is 32.2. The number of ether oxygens (including phenoxy) is 1.